The summed E-state index contributed by atoms with van der Waals surface area (Å²) < 4.78 is 5.77. The van der Waals surface area contributed by atoms with Crippen LogP contribution in [0.25, 0.3) is 0 Å². The van der Waals surface area contributed by atoms with Crippen LogP contribution in [0, 0.1) is 6.92 Å². The number of ether oxygens (including phenoxy) is 1. The third kappa shape index (κ3) is 6.54. The fourth-order valence-corrected chi connectivity index (χ4v) is 3.53. The van der Waals surface area contributed by atoms with Gasteiger partial charge in [-0.1, -0.05) is 48.0 Å². The van der Waals surface area contributed by atoms with E-state index in [1.807, 2.05) is 29.2 Å². The van der Waals surface area contributed by atoms with E-state index in [1.54, 1.807) is 0 Å². The third-order valence-electron chi connectivity index (χ3n) is 5.26. The van der Waals surface area contributed by atoms with Gasteiger partial charge in [-0.2, -0.15) is 0 Å². The molecule has 1 aliphatic rings. The van der Waals surface area contributed by atoms with Crippen molar-refractivity contribution in [2.45, 2.75) is 45.1 Å². The monoisotopic (exact) mass is 402 g/mol. The molecule has 152 valence electrons. The predicted molar refractivity (Wildman–Crippen MR) is 117 cm³/mol. The van der Waals surface area contributed by atoms with Crippen LogP contribution in [0.2, 0.25) is 0 Å². The molecule has 0 aliphatic carbocycles. The molecule has 2 aromatic carbocycles. The molecule has 3 rings (SSSR count). The lowest BCUT2D eigenvalue weighted by atomic mass is 10.1. The van der Waals surface area contributed by atoms with Gasteiger partial charge >= 0.3 is 0 Å². The third-order valence-corrected chi connectivity index (χ3v) is 5.26. The molecule has 1 atom stereocenters. The Balaban J connectivity index is 0.00000280. The largest absolute Gasteiger partial charge is 0.399 e. The van der Waals surface area contributed by atoms with Crippen molar-refractivity contribution in [3.8, 4) is 0 Å². The lowest BCUT2D eigenvalue weighted by molar-refractivity contribution is -0.132. The molecule has 0 spiro atoms. The molecule has 1 fully saturated rings. The second-order valence-electron chi connectivity index (χ2n) is 7.41. The zero-order chi connectivity index (χ0) is 19.1. The minimum Gasteiger partial charge on any atom is -0.399 e. The molecular formula is C23H31ClN2O2. The summed E-state index contributed by atoms with van der Waals surface area (Å²) in [6.07, 6.45) is 4.33. The summed E-state index contributed by atoms with van der Waals surface area (Å²) in [5.74, 6) is 0.181. The van der Waals surface area contributed by atoms with E-state index in [9.17, 15) is 4.79 Å². The minimum atomic E-state index is 0. The first kappa shape index (κ1) is 22.3. The summed E-state index contributed by atoms with van der Waals surface area (Å²) >= 11 is 0. The smallest absolute Gasteiger partial charge is 0.223 e. The lowest BCUT2D eigenvalue weighted by Crippen LogP contribution is -2.39. The van der Waals surface area contributed by atoms with Gasteiger partial charge in [0.05, 0.1) is 6.10 Å². The van der Waals surface area contributed by atoms with Crippen molar-refractivity contribution < 1.29 is 9.53 Å². The molecule has 1 saturated heterocycles. The molecule has 1 aliphatic heterocycles. The van der Waals surface area contributed by atoms with Crippen molar-refractivity contribution in [2.75, 3.05) is 25.4 Å². The van der Waals surface area contributed by atoms with E-state index in [0.717, 1.165) is 43.7 Å². The number of benzene rings is 2. The number of carbonyl (C=O) groups excluding carboxylic acids is 1. The zero-order valence-corrected chi connectivity index (χ0v) is 17.4. The van der Waals surface area contributed by atoms with E-state index in [-0.39, 0.29) is 24.4 Å². The van der Waals surface area contributed by atoms with Crippen LogP contribution >= 0.6 is 12.4 Å². The van der Waals surface area contributed by atoms with Gasteiger partial charge in [0, 0.05) is 31.8 Å². The highest BCUT2D eigenvalue weighted by Gasteiger charge is 2.22. The molecule has 0 bridgehead atoms. The van der Waals surface area contributed by atoms with Gasteiger partial charge in [0.1, 0.15) is 0 Å². The average Bonchev–Trinajstić information content (AvgIpc) is 3.18. The maximum absolute atomic E-state index is 12.9. The van der Waals surface area contributed by atoms with E-state index in [2.05, 4.69) is 31.2 Å². The molecule has 4 nitrogen and oxygen atoms in total. The van der Waals surface area contributed by atoms with Crippen LogP contribution in [0.3, 0.4) is 0 Å². The van der Waals surface area contributed by atoms with Crippen LogP contribution < -0.4 is 5.73 Å². The molecule has 1 unspecified atom stereocenters. The molecule has 28 heavy (non-hydrogen) atoms. The SMILES string of the molecule is Cc1ccc(CCN(CC2CCCO2)C(=O)CCc2ccccc2N)cc1.Cl. The lowest BCUT2D eigenvalue weighted by Gasteiger charge is -2.26. The van der Waals surface area contributed by atoms with Crippen molar-refractivity contribution in [3.05, 3.63) is 65.2 Å². The Morgan fingerprint density at radius 3 is 2.57 bits per heavy atom. The Morgan fingerprint density at radius 2 is 1.89 bits per heavy atom. The highest BCUT2D eigenvalue weighted by molar-refractivity contribution is 5.85. The molecular weight excluding hydrogens is 372 g/mol. The predicted octanol–water partition coefficient (Wildman–Crippen LogP) is 4.18. The molecule has 0 saturated carbocycles. The molecule has 0 aromatic heterocycles. The number of rotatable bonds is 8. The van der Waals surface area contributed by atoms with Crippen molar-refractivity contribution in [3.63, 3.8) is 0 Å². The second-order valence-corrected chi connectivity index (χ2v) is 7.41. The minimum absolute atomic E-state index is 0. The van der Waals surface area contributed by atoms with Crippen molar-refractivity contribution in [1.82, 2.24) is 4.90 Å². The van der Waals surface area contributed by atoms with E-state index in [1.165, 1.54) is 11.1 Å². The average molecular weight is 403 g/mol. The zero-order valence-electron chi connectivity index (χ0n) is 16.6. The fourth-order valence-electron chi connectivity index (χ4n) is 3.53. The number of para-hydroxylation sites is 1. The number of anilines is 1. The Morgan fingerprint density at radius 1 is 1.14 bits per heavy atom. The summed E-state index contributed by atoms with van der Waals surface area (Å²) in [7, 11) is 0. The van der Waals surface area contributed by atoms with Crippen LogP contribution in [0.15, 0.2) is 48.5 Å². The number of carbonyl (C=O) groups is 1. The van der Waals surface area contributed by atoms with E-state index in [0.29, 0.717) is 19.4 Å². The topological polar surface area (TPSA) is 55.6 Å². The Bertz CT molecular complexity index is 743. The summed E-state index contributed by atoms with van der Waals surface area (Å²) in [5.41, 5.74) is 10.3. The first-order chi connectivity index (χ1) is 13.1. The van der Waals surface area contributed by atoms with Gasteiger partial charge in [-0.05, 0) is 49.8 Å². The summed E-state index contributed by atoms with van der Waals surface area (Å²) in [4.78, 5) is 14.9. The maximum atomic E-state index is 12.9. The normalized spacial score (nSPS) is 15.8. The van der Waals surface area contributed by atoms with Crippen LogP contribution in [0.1, 0.15) is 36.0 Å². The number of hydrogen-bond acceptors (Lipinski definition) is 3. The quantitative estimate of drug-likeness (QED) is 0.674. The molecule has 1 heterocycles. The van der Waals surface area contributed by atoms with Gasteiger partial charge in [-0.25, -0.2) is 0 Å². The summed E-state index contributed by atoms with van der Waals surface area (Å²) in [6, 6.07) is 16.3. The Hall–Kier alpha value is -2.04. The van der Waals surface area contributed by atoms with E-state index in [4.69, 9.17) is 10.5 Å². The molecule has 2 aromatic rings. The highest BCUT2D eigenvalue weighted by atomic mass is 35.5. The molecule has 5 heteroatoms. The molecule has 0 radical (unpaired) electrons. The van der Waals surface area contributed by atoms with Gasteiger partial charge < -0.3 is 15.4 Å². The van der Waals surface area contributed by atoms with Gasteiger partial charge in [-0.3, -0.25) is 4.79 Å². The number of halogens is 1. The Kier molecular flexibility index (Phi) is 8.81. The van der Waals surface area contributed by atoms with Crippen LogP contribution in [-0.4, -0.2) is 36.6 Å². The molecule has 2 N–H and O–H groups in total. The van der Waals surface area contributed by atoms with Gasteiger partial charge in [-0.15, -0.1) is 12.4 Å². The number of aryl methyl sites for hydroxylation is 2. The van der Waals surface area contributed by atoms with Crippen molar-refractivity contribution in [1.29, 1.82) is 0 Å². The number of hydrogen-bond donors (Lipinski definition) is 1. The number of nitrogen functional groups attached to an aromatic ring is 1. The van der Waals surface area contributed by atoms with Crippen molar-refractivity contribution >= 4 is 24.0 Å². The first-order valence-electron chi connectivity index (χ1n) is 9.90. The highest BCUT2D eigenvalue weighted by Crippen LogP contribution is 2.17. The molecule has 1 amide bonds. The maximum Gasteiger partial charge on any atom is 0.223 e. The van der Waals surface area contributed by atoms with Gasteiger partial charge in [0.25, 0.3) is 0 Å². The Labute approximate surface area is 174 Å². The second kappa shape index (κ2) is 11.1. The standard InChI is InChI=1S/C23H30N2O2.ClH/c1-18-8-10-19(11-9-18)14-15-25(17-21-6-4-16-27-21)23(26)13-12-20-5-2-3-7-22(20)24;/h2-3,5,7-11,21H,4,6,12-17,24H2,1H3;1H. The summed E-state index contributed by atoms with van der Waals surface area (Å²) in [6.45, 7) is 4.32. The number of nitrogens with zero attached hydrogens (tertiary/aromatic N) is 1. The van der Waals surface area contributed by atoms with Crippen LogP contribution in [0.5, 0.6) is 0 Å². The summed E-state index contributed by atoms with van der Waals surface area (Å²) in [5, 5.41) is 0. The van der Waals surface area contributed by atoms with Gasteiger partial charge in [0.15, 0.2) is 0 Å². The van der Waals surface area contributed by atoms with Crippen LogP contribution in [0.4, 0.5) is 5.69 Å². The fraction of sp³-hybridized carbons (Fsp3) is 0.435. The van der Waals surface area contributed by atoms with Crippen LogP contribution in [-0.2, 0) is 22.4 Å². The van der Waals surface area contributed by atoms with Crippen molar-refractivity contribution in [2.24, 2.45) is 0 Å². The number of amides is 1. The van der Waals surface area contributed by atoms with E-state index >= 15 is 0 Å². The van der Waals surface area contributed by atoms with Gasteiger partial charge in [0.2, 0.25) is 5.91 Å². The van der Waals surface area contributed by atoms with E-state index < -0.39 is 0 Å². The number of nitrogens with two attached hydrogens (primary N) is 1. The first-order valence-corrected chi connectivity index (χ1v) is 9.90.